The number of halogens is 1. The molecule has 2 heterocycles. The molecule has 0 atom stereocenters. The lowest BCUT2D eigenvalue weighted by Gasteiger charge is -2.03. The monoisotopic (exact) mass is 257 g/mol. The average Bonchev–Trinajstić information content (AvgIpc) is 2.73. The summed E-state index contributed by atoms with van der Waals surface area (Å²) in [7, 11) is -4.89. The van der Waals surface area contributed by atoms with E-state index in [-0.39, 0.29) is 12.4 Å². The minimum atomic E-state index is -4.89. The van der Waals surface area contributed by atoms with E-state index in [2.05, 4.69) is 20.2 Å². The van der Waals surface area contributed by atoms with Crippen LogP contribution in [-0.2, 0) is 16.8 Å². The summed E-state index contributed by atoms with van der Waals surface area (Å²) in [5, 5.41) is 6.24. The van der Waals surface area contributed by atoms with Gasteiger partial charge in [-0.05, 0) is 13.0 Å². The Hall–Kier alpha value is -1.90. The van der Waals surface area contributed by atoms with Gasteiger partial charge in [0.15, 0.2) is 5.82 Å². The van der Waals surface area contributed by atoms with Crippen molar-refractivity contribution in [3.63, 3.8) is 0 Å². The summed E-state index contributed by atoms with van der Waals surface area (Å²) < 4.78 is 35.7. The van der Waals surface area contributed by atoms with Crippen LogP contribution in [0.1, 0.15) is 6.92 Å². The lowest BCUT2D eigenvalue weighted by Crippen LogP contribution is -2.07. The van der Waals surface area contributed by atoms with Crippen molar-refractivity contribution in [2.45, 2.75) is 18.6 Å². The number of rotatable bonds is 3. The Morgan fingerprint density at radius 3 is 2.71 bits per heavy atom. The minimum Gasteiger partial charge on any atom is -0.295 e. The van der Waals surface area contributed by atoms with Crippen LogP contribution in [0.2, 0.25) is 0 Å². The second-order valence-electron chi connectivity index (χ2n) is 3.08. The highest BCUT2D eigenvalue weighted by atomic mass is 32.3. The lowest BCUT2D eigenvalue weighted by atomic mass is 10.4. The van der Waals surface area contributed by atoms with E-state index in [0.29, 0.717) is 5.69 Å². The summed E-state index contributed by atoms with van der Waals surface area (Å²) in [6, 6.07) is 1.53. The first-order chi connectivity index (χ1) is 8.04. The number of hydrogen-bond acceptors (Lipinski definition) is 6. The van der Waals surface area contributed by atoms with Gasteiger partial charge in [0.25, 0.3) is 5.16 Å². The number of hydrogen-bond donors (Lipinski definition) is 0. The normalized spacial score (nSPS) is 11.6. The van der Waals surface area contributed by atoms with E-state index < -0.39 is 15.4 Å². The van der Waals surface area contributed by atoms with Crippen LogP contribution in [0.3, 0.4) is 0 Å². The molecule has 2 aromatic heterocycles. The maximum Gasteiger partial charge on any atom is 0.368 e. The molecule has 0 bridgehead atoms. The van der Waals surface area contributed by atoms with E-state index in [4.69, 9.17) is 0 Å². The molecular weight excluding hydrogens is 249 g/mol. The number of aromatic nitrogens is 5. The molecule has 0 unspecified atom stereocenters. The highest BCUT2D eigenvalue weighted by molar-refractivity contribution is 7.86. The van der Waals surface area contributed by atoms with Crippen LogP contribution >= 0.6 is 0 Å². The third kappa shape index (κ3) is 2.13. The second-order valence-corrected chi connectivity index (χ2v) is 4.32. The zero-order chi connectivity index (χ0) is 12.5. The van der Waals surface area contributed by atoms with Crippen LogP contribution in [0.5, 0.6) is 0 Å². The quantitative estimate of drug-likeness (QED) is 0.740. The van der Waals surface area contributed by atoms with Gasteiger partial charge >= 0.3 is 10.2 Å². The number of nitrogens with zero attached hydrogens (tertiary/aromatic N) is 5. The highest BCUT2D eigenvalue weighted by Crippen LogP contribution is 2.18. The predicted octanol–water partition coefficient (Wildman–Crippen LogP) is 0.413. The van der Waals surface area contributed by atoms with E-state index >= 15 is 0 Å². The van der Waals surface area contributed by atoms with E-state index in [0.717, 1.165) is 4.57 Å². The first-order valence-corrected chi connectivity index (χ1v) is 6.06. The van der Waals surface area contributed by atoms with Crippen molar-refractivity contribution in [2.24, 2.45) is 0 Å². The van der Waals surface area contributed by atoms with Crippen molar-refractivity contribution < 1.29 is 12.3 Å². The molecule has 0 saturated heterocycles. The first-order valence-electron chi connectivity index (χ1n) is 4.68. The topological polar surface area (TPSA) is 90.6 Å². The van der Waals surface area contributed by atoms with Crippen molar-refractivity contribution in [3.05, 3.63) is 18.6 Å². The van der Waals surface area contributed by atoms with Crippen LogP contribution in [0, 0.1) is 0 Å². The molecule has 0 radical (unpaired) electrons. The van der Waals surface area contributed by atoms with Crippen molar-refractivity contribution in [1.82, 2.24) is 24.7 Å². The molecule has 0 N–H and O–H groups in total. The Balaban J connectivity index is 2.62. The maximum atomic E-state index is 12.9. The van der Waals surface area contributed by atoms with Crippen molar-refractivity contribution in [1.29, 1.82) is 0 Å². The van der Waals surface area contributed by atoms with Gasteiger partial charge in [0.05, 0.1) is 0 Å². The Kier molecular flexibility index (Phi) is 2.84. The summed E-state index contributed by atoms with van der Waals surface area (Å²) in [6.45, 7) is 1.87. The fourth-order valence-corrected chi connectivity index (χ4v) is 1.98. The molecular formula is C8H8FN5O2S. The molecule has 9 heteroatoms. The lowest BCUT2D eigenvalue weighted by molar-refractivity contribution is 0.527. The molecule has 0 fully saturated rings. The summed E-state index contributed by atoms with van der Waals surface area (Å²) >= 11 is 0. The summed E-state index contributed by atoms with van der Waals surface area (Å²) in [5.74, 6) is 0.186. The zero-order valence-corrected chi connectivity index (χ0v) is 9.59. The molecule has 2 aromatic rings. The van der Waals surface area contributed by atoms with Gasteiger partial charge in [0, 0.05) is 12.7 Å². The molecule has 0 aromatic carbocycles. The van der Waals surface area contributed by atoms with E-state index in [9.17, 15) is 12.3 Å². The maximum absolute atomic E-state index is 12.9. The largest absolute Gasteiger partial charge is 0.368 e. The Bertz CT molecular complexity index is 625. The third-order valence-electron chi connectivity index (χ3n) is 2.06. The van der Waals surface area contributed by atoms with Gasteiger partial charge in [-0.15, -0.1) is 10.2 Å². The molecule has 7 nitrogen and oxygen atoms in total. The summed E-state index contributed by atoms with van der Waals surface area (Å²) in [6.07, 6.45) is 2.76. The third-order valence-corrected chi connectivity index (χ3v) is 2.80. The Morgan fingerprint density at radius 2 is 2.18 bits per heavy atom. The van der Waals surface area contributed by atoms with Crippen LogP contribution in [0.15, 0.2) is 23.7 Å². The average molecular weight is 257 g/mol. The van der Waals surface area contributed by atoms with Crippen LogP contribution < -0.4 is 0 Å². The standard InChI is InChI=1S/C8H8FN5O2S/c1-2-14-7(6-3-4-10-5-11-6)12-13-8(14)17(9,15)16/h3-5H,2H2,1H3. The zero-order valence-electron chi connectivity index (χ0n) is 8.78. The smallest absolute Gasteiger partial charge is 0.295 e. The molecule has 0 aliphatic rings. The Morgan fingerprint density at radius 1 is 1.41 bits per heavy atom. The van der Waals surface area contributed by atoms with Gasteiger partial charge in [-0.1, -0.05) is 3.89 Å². The summed E-state index contributed by atoms with van der Waals surface area (Å²) in [5.41, 5.74) is 0.379. The van der Waals surface area contributed by atoms with Gasteiger partial charge in [-0.25, -0.2) is 9.97 Å². The van der Waals surface area contributed by atoms with Gasteiger partial charge in [0.1, 0.15) is 12.0 Å². The molecule has 17 heavy (non-hydrogen) atoms. The van der Waals surface area contributed by atoms with Gasteiger partial charge in [0.2, 0.25) is 0 Å². The minimum absolute atomic E-state index is 0.186. The van der Waals surface area contributed by atoms with E-state index in [1.165, 1.54) is 18.6 Å². The molecule has 0 aliphatic carbocycles. The molecule has 0 spiro atoms. The fourth-order valence-electron chi connectivity index (χ4n) is 1.37. The Labute approximate surface area is 96.6 Å². The molecule has 90 valence electrons. The predicted molar refractivity (Wildman–Crippen MR) is 55.0 cm³/mol. The van der Waals surface area contributed by atoms with Gasteiger partial charge < -0.3 is 0 Å². The molecule has 2 rings (SSSR count). The molecule has 0 saturated carbocycles. The fraction of sp³-hybridized carbons (Fsp3) is 0.250. The molecule has 0 amide bonds. The molecule has 0 aliphatic heterocycles. The van der Waals surface area contributed by atoms with Gasteiger partial charge in [-0.3, -0.25) is 4.57 Å². The summed E-state index contributed by atoms with van der Waals surface area (Å²) in [4.78, 5) is 7.62. The van der Waals surface area contributed by atoms with Crippen LogP contribution in [0.25, 0.3) is 11.5 Å². The highest BCUT2D eigenvalue weighted by Gasteiger charge is 2.24. The van der Waals surface area contributed by atoms with Crippen molar-refractivity contribution >= 4 is 10.2 Å². The van der Waals surface area contributed by atoms with Gasteiger partial charge in [-0.2, -0.15) is 8.42 Å². The van der Waals surface area contributed by atoms with E-state index in [1.54, 1.807) is 6.92 Å². The van der Waals surface area contributed by atoms with E-state index in [1.807, 2.05) is 0 Å². The van der Waals surface area contributed by atoms with Crippen LogP contribution in [0.4, 0.5) is 3.89 Å². The second kappa shape index (κ2) is 4.17. The van der Waals surface area contributed by atoms with Crippen molar-refractivity contribution in [3.8, 4) is 11.5 Å². The SMILES string of the molecule is CCn1c(-c2ccncn2)nnc1S(=O)(=O)F. The van der Waals surface area contributed by atoms with Crippen molar-refractivity contribution in [2.75, 3.05) is 0 Å². The first kappa shape index (κ1) is 11.6. The van der Waals surface area contributed by atoms with Crippen LogP contribution in [-0.4, -0.2) is 33.2 Å².